The van der Waals surface area contributed by atoms with E-state index < -0.39 is 0 Å². The third kappa shape index (κ3) is 12.8. The lowest BCUT2D eigenvalue weighted by atomic mass is 9.87. The van der Waals surface area contributed by atoms with Crippen LogP contribution in [0.1, 0.15) is 0 Å². The van der Waals surface area contributed by atoms with Gasteiger partial charge in [-0.15, -0.1) is 0 Å². The maximum Gasteiger partial charge on any atom is 0.0546 e. The van der Waals surface area contributed by atoms with Crippen molar-refractivity contribution in [3.63, 3.8) is 0 Å². The molecule has 0 radical (unpaired) electrons. The van der Waals surface area contributed by atoms with E-state index in [2.05, 4.69) is 492 Å². The molecule has 0 atom stereocenters. The van der Waals surface area contributed by atoms with E-state index in [9.17, 15) is 0 Å². The molecule has 19 aromatic carbocycles. The lowest BCUT2D eigenvalue weighted by Gasteiger charge is -2.32. The molecule has 554 valence electrons. The molecule has 4 nitrogen and oxygen atoms in total. The van der Waals surface area contributed by atoms with Crippen LogP contribution in [0.2, 0.25) is 0 Å². The van der Waals surface area contributed by atoms with Gasteiger partial charge in [0.1, 0.15) is 0 Å². The van der Waals surface area contributed by atoms with Crippen molar-refractivity contribution in [2.24, 2.45) is 0 Å². The van der Waals surface area contributed by atoms with Gasteiger partial charge in [-0.3, -0.25) is 0 Å². The number of aromatic nitrogens is 2. The van der Waals surface area contributed by atoms with Crippen molar-refractivity contribution in [2.75, 3.05) is 9.80 Å². The predicted molar refractivity (Wildman–Crippen MR) is 499 cm³/mol. The summed E-state index contributed by atoms with van der Waals surface area (Å²) in [6, 6.07) is 174. The first kappa shape index (κ1) is 70.3. The van der Waals surface area contributed by atoms with Crippen LogP contribution in [0.4, 0.5) is 34.1 Å². The van der Waals surface area contributed by atoms with Crippen LogP contribution in [-0.2, 0) is 0 Å². The van der Waals surface area contributed by atoms with Crippen molar-refractivity contribution in [2.45, 2.75) is 0 Å². The van der Waals surface area contributed by atoms with Gasteiger partial charge in [-0.1, -0.05) is 370 Å². The number of rotatable bonds is 18. The lowest BCUT2D eigenvalue weighted by Crippen LogP contribution is -2.13. The summed E-state index contributed by atoms with van der Waals surface area (Å²) < 4.78 is 4.86. The SMILES string of the molecule is c1ccc(-c2ccccc2-c2c(-c3ccccc3)cccc2N(c2ccc(-c3cccc(-n4c5ccccc5c5ccccc54)c3)cc2)c2ccccc2-c2cccc(-c3ccc4c(c3)c3ccccc3n4-c3cccc(N(c4ccccc4-c4ccccc4)c4cccc(-c5ccccc5)c4-c4ccccc4-c4ccccc4)c3)c2)cc1. The Labute approximate surface area is 687 Å². The Morgan fingerprint density at radius 3 is 0.949 bits per heavy atom. The molecule has 0 saturated heterocycles. The fourth-order valence-electron chi connectivity index (χ4n) is 18.0. The molecular formula is C114H78N4. The summed E-state index contributed by atoms with van der Waals surface area (Å²) in [5.74, 6) is 0. The maximum atomic E-state index is 2.51. The number of hydrogen-bond acceptors (Lipinski definition) is 2. The van der Waals surface area contributed by atoms with E-state index in [-0.39, 0.29) is 0 Å². The monoisotopic (exact) mass is 1500 g/mol. The van der Waals surface area contributed by atoms with Gasteiger partial charge < -0.3 is 18.9 Å². The molecule has 0 unspecified atom stereocenters. The minimum atomic E-state index is 1.02. The summed E-state index contributed by atoms with van der Waals surface area (Å²) in [4.78, 5) is 5.01. The third-order valence-corrected chi connectivity index (χ3v) is 23.3. The minimum absolute atomic E-state index is 1.02. The van der Waals surface area contributed by atoms with Gasteiger partial charge in [-0.25, -0.2) is 0 Å². The fourth-order valence-corrected chi connectivity index (χ4v) is 18.0. The van der Waals surface area contributed by atoms with Crippen LogP contribution in [-0.4, -0.2) is 9.13 Å². The number of benzene rings is 19. The second-order valence-electron chi connectivity index (χ2n) is 30.2. The van der Waals surface area contributed by atoms with Gasteiger partial charge in [0.25, 0.3) is 0 Å². The first-order valence-electron chi connectivity index (χ1n) is 40.5. The van der Waals surface area contributed by atoms with E-state index in [0.29, 0.717) is 0 Å². The van der Waals surface area contributed by atoms with Crippen LogP contribution in [0.5, 0.6) is 0 Å². The van der Waals surface area contributed by atoms with E-state index in [1.807, 2.05) is 0 Å². The Bertz CT molecular complexity index is 7230. The molecule has 0 aliphatic carbocycles. The van der Waals surface area contributed by atoms with Gasteiger partial charge in [-0.2, -0.15) is 0 Å². The van der Waals surface area contributed by atoms with Crippen molar-refractivity contribution in [3.8, 4) is 123 Å². The van der Waals surface area contributed by atoms with Gasteiger partial charge in [0.05, 0.1) is 44.8 Å². The van der Waals surface area contributed by atoms with Gasteiger partial charge >= 0.3 is 0 Å². The molecule has 0 amide bonds. The van der Waals surface area contributed by atoms with Crippen molar-refractivity contribution >= 4 is 77.7 Å². The molecule has 21 rings (SSSR count). The molecular weight excluding hydrogens is 1430 g/mol. The molecule has 21 aromatic rings. The first-order valence-corrected chi connectivity index (χ1v) is 40.5. The molecule has 118 heavy (non-hydrogen) atoms. The second kappa shape index (κ2) is 30.7. The summed E-state index contributed by atoms with van der Waals surface area (Å²) in [6.45, 7) is 0. The molecule has 0 aliphatic rings. The van der Waals surface area contributed by atoms with Crippen LogP contribution in [0.15, 0.2) is 473 Å². The standard InChI is InChI=1S/C114H78N4/c1-6-35-80(36-7-1)93-51-16-18-58-102(93)113-97(83-41-12-4-13-42-83)60-33-67-111(113)115(89-72-69-79(70-73-89)86-46-31-48-90(76-86)116-107-64-27-22-55-99(107)100-56-23-28-65-108(100)116)106-63-26-21-54-96(106)88-47-30-45-85(75-88)87-71-74-110-104(77-87)101-57-24-29-66-109(101)117(110)91-49-32-50-92(78-91)118(105-62-25-20-53-95(105)82-39-10-3-11-40-82)112-68-34-61-98(84-43-14-5-15-44-84)114(112)103-59-19-17-52-94(103)81-37-8-2-9-38-81/h1-78H. The zero-order valence-electron chi connectivity index (χ0n) is 64.8. The number of anilines is 6. The smallest absolute Gasteiger partial charge is 0.0546 e. The van der Waals surface area contributed by atoms with Gasteiger partial charge in [0, 0.05) is 66.5 Å². The maximum absolute atomic E-state index is 2.51. The Balaban J connectivity index is 0.705. The Hall–Kier alpha value is -15.6. The van der Waals surface area contributed by atoms with E-state index >= 15 is 0 Å². The van der Waals surface area contributed by atoms with Crippen LogP contribution >= 0.6 is 0 Å². The fraction of sp³-hybridized carbons (Fsp3) is 0. The summed E-state index contributed by atoms with van der Waals surface area (Å²) >= 11 is 0. The number of para-hydroxylation sites is 5. The summed E-state index contributed by atoms with van der Waals surface area (Å²) in [5, 5.41) is 4.83. The average molecular weight is 1500 g/mol. The first-order chi connectivity index (χ1) is 58.6. The topological polar surface area (TPSA) is 16.3 Å². The highest BCUT2D eigenvalue weighted by Crippen LogP contribution is 2.54. The number of fused-ring (bicyclic) bond motifs is 6. The van der Waals surface area contributed by atoms with Gasteiger partial charge in [0.2, 0.25) is 0 Å². The Morgan fingerprint density at radius 1 is 0.144 bits per heavy atom. The third-order valence-electron chi connectivity index (χ3n) is 23.3. The molecule has 0 fully saturated rings. The Kier molecular flexibility index (Phi) is 18.3. The van der Waals surface area contributed by atoms with E-state index in [0.717, 1.165) is 168 Å². The highest BCUT2D eigenvalue weighted by atomic mass is 15.2. The second-order valence-corrected chi connectivity index (χ2v) is 30.2. The quantitative estimate of drug-likeness (QED) is 0.0851. The molecule has 0 bridgehead atoms. The van der Waals surface area contributed by atoms with Crippen LogP contribution < -0.4 is 9.80 Å². The lowest BCUT2D eigenvalue weighted by molar-refractivity contribution is 1.17. The zero-order valence-corrected chi connectivity index (χ0v) is 64.8. The largest absolute Gasteiger partial charge is 0.309 e. The van der Waals surface area contributed by atoms with Crippen molar-refractivity contribution in [1.29, 1.82) is 0 Å². The average Bonchev–Trinajstić information content (AvgIpc) is 1.43. The van der Waals surface area contributed by atoms with Crippen LogP contribution in [0, 0.1) is 0 Å². The molecule has 4 heteroatoms. The van der Waals surface area contributed by atoms with Crippen molar-refractivity contribution in [1.82, 2.24) is 9.13 Å². The number of hydrogen-bond donors (Lipinski definition) is 0. The highest BCUT2D eigenvalue weighted by Gasteiger charge is 2.29. The van der Waals surface area contributed by atoms with Gasteiger partial charge in [0.15, 0.2) is 0 Å². The summed E-state index contributed by atoms with van der Waals surface area (Å²) in [7, 11) is 0. The summed E-state index contributed by atoms with van der Waals surface area (Å²) in [6.07, 6.45) is 0. The Morgan fingerprint density at radius 2 is 0.449 bits per heavy atom. The molecule has 0 spiro atoms. The molecule has 2 aromatic heterocycles. The molecule has 0 saturated carbocycles. The van der Waals surface area contributed by atoms with Crippen LogP contribution in [0.25, 0.3) is 166 Å². The molecule has 0 N–H and O–H groups in total. The normalized spacial score (nSPS) is 11.4. The van der Waals surface area contributed by atoms with Gasteiger partial charge in [-0.05, 0) is 192 Å². The van der Waals surface area contributed by atoms with Crippen molar-refractivity contribution in [3.05, 3.63) is 473 Å². The molecule has 2 heterocycles. The van der Waals surface area contributed by atoms with E-state index in [1.165, 1.54) is 32.6 Å². The zero-order chi connectivity index (χ0) is 78.2. The highest BCUT2D eigenvalue weighted by molar-refractivity contribution is 6.12. The van der Waals surface area contributed by atoms with Crippen LogP contribution in [0.3, 0.4) is 0 Å². The van der Waals surface area contributed by atoms with Crippen molar-refractivity contribution < 1.29 is 0 Å². The predicted octanol–water partition coefficient (Wildman–Crippen LogP) is 31.5. The van der Waals surface area contributed by atoms with E-state index in [1.54, 1.807) is 0 Å². The molecule has 0 aliphatic heterocycles. The van der Waals surface area contributed by atoms with E-state index in [4.69, 9.17) is 0 Å². The summed E-state index contributed by atoms with van der Waals surface area (Å²) in [5.41, 5.74) is 35.8. The number of nitrogens with zero attached hydrogens (tertiary/aromatic N) is 4. The minimum Gasteiger partial charge on any atom is -0.309 e.